The fourth-order valence-electron chi connectivity index (χ4n) is 0.624. The van der Waals surface area contributed by atoms with E-state index in [9.17, 15) is 9.36 Å². The smallest absolute Gasteiger partial charge is 0.465 e. The molecule has 0 aromatic heterocycles. The zero-order valence-corrected chi connectivity index (χ0v) is 9.99. The van der Waals surface area contributed by atoms with Gasteiger partial charge in [-0.3, -0.25) is 9.32 Å². The summed E-state index contributed by atoms with van der Waals surface area (Å²) in [4.78, 5) is 27.9. The third-order valence-electron chi connectivity index (χ3n) is 1.39. The molecule has 0 aromatic carbocycles. The summed E-state index contributed by atoms with van der Waals surface area (Å²) in [5, 5.41) is 0. The molecule has 0 unspecified atom stereocenters. The maximum Gasteiger partial charge on any atom is 0.469 e. The lowest BCUT2D eigenvalue weighted by molar-refractivity contribution is -0.153. The molecule has 0 bridgehead atoms. The van der Waals surface area contributed by atoms with E-state index in [1.165, 1.54) is 0 Å². The van der Waals surface area contributed by atoms with Crippen molar-refractivity contribution in [3.05, 3.63) is 0 Å². The number of rotatable bonds is 5. The van der Waals surface area contributed by atoms with E-state index in [1.807, 2.05) is 0 Å². The second-order valence-corrected chi connectivity index (χ2v) is 5.30. The average Bonchev–Trinajstić information content (AvgIpc) is 1.99. The van der Waals surface area contributed by atoms with E-state index in [2.05, 4.69) is 4.52 Å². The highest BCUT2D eigenvalue weighted by atomic mass is 31.2. The summed E-state index contributed by atoms with van der Waals surface area (Å²) >= 11 is 0. The summed E-state index contributed by atoms with van der Waals surface area (Å²) in [6.07, 6.45) is 0.257. The number of ether oxygens (including phenoxy) is 1. The first-order valence-electron chi connectivity index (χ1n) is 4.50. The van der Waals surface area contributed by atoms with Gasteiger partial charge in [0.15, 0.2) is 0 Å². The Morgan fingerprint density at radius 3 is 2.20 bits per heavy atom. The van der Waals surface area contributed by atoms with Gasteiger partial charge in [0.25, 0.3) is 0 Å². The number of esters is 1. The van der Waals surface area contributed by atoms with Gasteiger partial charge in [0.1, 0.15) is 0 Å². The van der Waals surface area contributed by atoms with Crippen LogP contribution in [-0.4, -0.2) is 29.0 Å². The van der Waals surface area contributed by atoms with Gasteiger partial charge in [-0.15, -0.1) is 0 Å². The summed E-state index contributed by atoms with van der Waals surface area (Å²) < 4.78 is 19.3. The van der Waals surface area contributed by atoms with Crippen molar-refractivity contribution in [2.45, 2.75) is 27.2 Å². The monoisotopic (exact) mass is 240 g/mol. The van der Waals surface area contributed by atoms with E-state index in [4.69, 9.17) is 14.5 Å². The molecule has 0 heterocycles. The third-order valence-corrected chi connectivity index (χ3v) is 1.91. The minimum absolute atomic E-state index is 0.0934. The zero-order chi connectivity index (χ0) is 12.1. The normalized spacial score (nSPS) is 12.6. The summed E-state index contributed by atoms with van der Waals surface area (Å²) in [5.74, 6) is -0.348. The van der Waals surface area contributed by atoms with Crippen LogP contribution in [0, 0.1) is 5.41 Å². The molecule has 7 heteroatoms. The van der Waals surface area contributed by atoms with E-state index in [1.54, 1.807) is 20.8 Å². The molecule has 0 aliphatic rings. The molecule has 0 amide bonds. The van der Waals surface area contributed by atoms with Crippen molar-refractivity contribution in [3.8, 4) is 0 Å². The predicted octanol–water partition coefficient (Wildman–Crippen LogP) is 1.08. The van der Waals surface area contributed by atoms with Crippen molar-refractivity contribution in [1.29, 1.82) is 0 Å². The van der Waals surface area contributed by atoms with Crippen LogP contribution in [-0.2, 0) is 18.6 Å². The van der Waals surface area contributed by atoms with Gasteiger partial charge >= 0.3 is 13.8 Å². The molecular weight excluding hydrogens is 223 g/mol. The number of phosphoric acid groups is 1. The Kier molecular flexibility index (Phi) is 5.45. The largest absolute Gasteiger partial charge is 0.469 e. The van der Waals surface area contributed by atoms with Gasteiger partial charge in [-0.25, -0.2) is 4.57 Å². The number of carbonyl (C=O) groups excluding carboxylic acids is 1. The van der Waals surface area contributed by atoms with Gasteiger partial charge < -0.3 is 14.5 Å². The molecule has 6 nitrogen and oxygen atoms in total. The van der Waals surface area contributed by atoms with Crippen LogP contribution in [0.2, 0.25) is 0 Å². The van der Waals surface area contributed by atoms with E-state index in [0.29, 0.717) is 0 Å². The second kappa shape index (κ2) is 5.61. The van der Waals surface area contributed by atoms with E-state index < -0.39 is 13.2 Å². The summed E-state index contributed by atoms with van der Waals surface area (Å²) in [6, 6.07) is 0. The van der Waals surface area contributed by atoms with E-state index in [0.717, 1.165) is 0 Å². The molecule has 0 spiro atoms. The van der Waals surface area contributed by atoms with Gasteiger partial charge in [0.05, 0.1) is 18.6 Å². The number of hydrogen-bond donors (Lipinski definition) is 2. The molecular formula is C8H17O6P. The molecule has 15 heavy (non-hydrogen) atoms. The second-order valence-electron chi connectivity index (χ2n) is 4.06. The number of hydrogen-bond acceptors (Lipinski definition) is 4. The van der Waals surface area contributed by atoms with Gasteiger partial charge in [-0.2, -0.15) is 0 Å². The minimum atomic E-state index is -4.40. The Morgan fingerprint density at radius 1 is 1.27 bits per heavy atom. The van der Waals surface area contributed by atoms with Crippen molar-refractivity contribution < 1.29 is 28.4 Å². The molecule has 0 fully saturated rings. The molecule has 0 atom stereocenters. The highest BCUT2D eigenvalue weighted by Crippen LogP contribution is 2.35. The molecule has 0 saturated carbocycles. The lowest BCUT2D eigenvalue weighted by Gasteiger charge is -2.16. The Balaban J connectivity index is 3.57. The third kappa shape index (κ3) is 8.57. The van der Waals surface area contributed by atoms with Gasteiger partial charge in [-0.05, 0) is 20.8 Å². The molecule has 2 N–H and O–H groups in total. The Labute approximate surface area is 88.8 Å². The van der Waals surface area contributed by atoms with Crippen molar-refractivity contribution >= 4 is 13.8 Å². The highest BCUT2D eigenvalue weighted by molar-refractivity contribution is 7.46. The van der Waals surface area contributed by atoms with Crippen molar-refractivity contribution in [3.63, 3.8) is 0 Å². The van der Waals surface area contributed by atoms with Crippen LogP contribution in [0.5, 0.6) is 0 Å². The van der Waals surface area contributed by atoms with Crippen LogP contribution in [0.4, 0.5) is 0 Å². The molecule has 0 aliphatic carbocycles. The zero-order valence-electron chi connectivity index (χ0n) is 9.10. The van der Waals surface area contributed by atoms with Gasteiger partial charge in [-0.1, -0.05) is 0 Å². The summed E-state index contributed by atoms with van der Waals surface area (Å²) in [7, 11) is -4.40. The van der Waals surface area contributed by atoms with Crippen LogP contribution < -0.4 is 0 Å². The lowest BCUT2D eigenvalue weighted by Crippen LogP contribution is -2.23. The SMILES string of the molecule is CC(C)(C)C(=O)OCCCOP(=O)(O)O. The molecule has 0 aromatic rings. The quantitative estimate of drug-likeness (QED) is 0.424. The summed E-state index contributed by atoms with van der Waals surface area (Å²) in [5.41, 5.74) is -0.565. The average molecular weight is 240 g/mol. The lowest BCUT2D eigenvalue weighted by atomic mass is 9.97. The fourth-order valence-corrected chi connectivity index (χ4v) is 0.991. The highest BCUT2D eigenvalue weighted by Gasteiger charge is 2.22. The Bertz CT molecular complexity index is 250. The predicted molar refractivity (Wildman–Crippen MR) is 53.0 cm³/mol. The molecule has 0 aliphatic heterocycles. The molecule has 0 saturated heterocycles. The number of phosphoric ester groups is 1. The summed E-state index contributed by atoms with van der Waals surface area (Å²) in [6.45, 7) is 5.13. The van der Waals surface area contributed by atoms with Crippen LogP contribution in [0.15, 0.2) is 0 Å². The van der Waals surface area contributed by atoms with Crippen LogP contribution >= 0.6 is 7.82 Å². The van der Waals surface area contributed by atoms with Crippen LogP contribution in [0.3, 0.4) is 0 Å². The fraction of sp³-hybridized carbons (Fsp3) is 0.875. The first-order chi connectivity index (χ1) is 6.63. The minimum Gasteiger partial charge on any atom is -0.465 e. The Hall–Kier alpha value is -0.420. The number of carbonyl (C=O) groups is 1. The Morgan fingerprint density at radius 2 is 1.80 bits per heavy atom. The van der Waals surface area contributed by atoms with Crippen LogP contribution in [0.1, 0.15) is 27.2 Å². The van der Waals surface area contributed by atoms with Crippen molar-refractivity contribution in [1.82, 2.24) is 0 Å². The van der Waals surface area contributed by atoms with Gasteiger partial charge in [0, 0.05) is 6.42 Å². The van der Waals surface area contributed by atoms with E-state index >= 15 is 0 Å². The topological polar surface area (TPSA) is 93.1 Å². The van der Waals surface area contributed by atoms with Crippen molar-refractivity contribution in [2.75, 3.05) is 13.2 Å². The maximum atomic E-state index is 11.2. The van der Waals surface area contributed by atoms with Gasteiger partial charge in [0.2, 0.25) is 0 Å². The standard InChI is InChI=1S/C8H17O6P/c1-8(2,3)7(9)13-5-4-6-14-15(10,11)12/h4-6H2,1-3H3,(H2,10,11,12). The maximum absolute atomic E-state index is 11.2. The molecule has 0 radical (unpaired) electrons. The van der Waals surface area contributed by atoms with E-state index in [-0.39, 0.29) is 25.6 Å². The van der Waals surface area contributed by atoms with Crippen molar-refractivity contribution in [2.24, 2.45) is 5.41 Å². The first kappa shape index (κ1) is 14.6. The first-order valence-corrected chi connectivity index (χ1v) is 6.03. The van der Waals surface area contributed by atoms with Crippen LogP contribution in [0.25, 0.3) is 0 Å². The molecule has 0 rings (SSSR count). The molecule has 90 valence electrons.